The van der Waals surface area contributed by atoms with Gasteiger partial charge in [-0.1, -0.05) is 133 Å². The zero-order valence-corrected chi connectivity index (χ0v) is 21.4. The molecule has 31 heavy (non-hydrogen) atoms. The Morgan fingerprint density at radius 2 is 1.03 bits per heavy atom. The summed E-state index contributed by atoms with van der Waals surface area (Å²) in [5, 5.41) is 3.56. The highest BCUT2D eigenvalue weighted by Gasteiger charge is 1.94. The molecule has 2 heteroatoms. The van der Waals surface area contributed by atoms with Crippen molar-refractivity contribution in [2.45, 2.75) is 129 Å². The molecule has 1 nitrogen and oxygen atoms in total. The van der Waals surface area contributed by atoms with Crippen LogP contribution in [0.15, 0.2) is 42.5 Å². The van der Waals surface area contributed by atoms with Gasteiger partial charge in [0.2, 0.25) is 0 Å². The monoisotopic (exact) mass is 449 g/mol. The molecule has 0 aliphatic carbocycles. The van der Waals surface area contributed by atoms with E-state index < -0.39 is 0 Å². The first-order valence-corrected chi connectivity index (χ1v) is 13.3. The van der Waals surface area contributed by atoms with E-state index in [9.17, 15) is 0 Å². The minimum atomic E-state index is 0. The fraction of sp³-hybridized carbons (Fsp3) is 0.724. The van der Waals surface area contributed by atoms with Crippen LogP contribution in [0.5, 0.6) is 0 Å². The molecule has 1 rings (SSSR count). The number of nitrogens with one attached hydrogen (secondary N) is 1. The Kier molecular flexibility index (Phi) is 24.8. The number of unbranched alkanes of at least 4 members (excludes halogenated alkanes) is 16. The average molecular weight is 450 g/mol. The zero-order valence-electron chi connectivity index (χ0n) is 20.6. The van der Waals surface area contributed by atoms with Crippen LogP contribution in [0.3, 0.4) is 0 Å². The molecule has 0 bridgehead atoms. The summed E-state index contributed by atoms with van der Waals surface area (Å²) in [5.74, 6) is 0. The summed E-state index contributed by atoms with van der Waals surface area (Å²) in [4.78, 5) is 0. The molecule has 0 heterocycles. The first kappa shape index (κ1) is 30.2. The van der Waals surface area contributed by atoms with Crippen molar-refractivity contribution in [3.8, 4) is 0 Å². The van der Waals surface area contributed by atoms with E-state index in [1.807, 2.05) is 0 Å². The van der Waals surface area contributed by atoms with Gasteiger partial charge in [0.05, 0.1) is 0 Å². The first-order chi connectivity index (χ1) is 14.9. The van der Waals surface area contributed by atoms with E-state index in [4.69, 9.17) is 0 Å². The molecule has 0 unspecified atom stereocenters. The first-order valence-electron chi connectivity index (χ1n) is 13.3. The van der Waals surface area contributed by atoms with Gasteiger partial charge in [-0.15, -0.1) is 12.4 Å². The van der Waals surface area contributed by atoms with E-state index in [0.717, 1.165) is 13.1 Å². The van der Waals surface area contributed by atoms with Crippen LogP contribution in [0.4, 0.5) is 0 Å². The van der Waals surface area contributed by atoms with Gasteiger partial charge in [0.15, 0.2) is 0 Å². The third kappa shape index (κ3) is 22.2. The largest absolute Gasteiger partial charge is 0.313 e. The van der Waals surface area contributed by atoms with Gasteiger partial charge in [-0.3, -0.25) is 0 Å². The van der Waals surface area contributed by atoms with E-state index in [1.54, 1.807) is 0 Å². The van der Waals surface area contributed by atoms with E-state index in [1.165, 1.54) is 121 Å². The van der Waals surface area contributed by atoms with Gasteiger partial charge >= 0.3 is 0 Å². The summed E-state index contributed by atoms with van der Waals surface area (Å²) in [6, 6.07) is 10.7. The van der Waals surface area contributed by atoms with E-state index in [2.05, 4.69) is 54.7 Å². The zero-order chi connectivity index (χ0) is 21.4. The van der Waals surface area contributed by atoms with Crippen molar-refractivity contribution in [3.05, 3.63) is 48.0 Å². The lowest BCUT2D eigenvalue weighted by molar-refractivity contribution is 0.541. The Hall–Kier alpha value is -0.790. The van der Waals surface area contributed by atoms with Crippen molar-refractivity contribution in [3.63, 3.8) is 0 Å². The summed E-state index contributed by atoms with van der Waals surface area (Å²) in [6.07, 6.45) is 30.1. The highest BCUT2D eigenvalue weighted by atomic mass is 35.5. The maximum Gasteiger partial charge on any atom is 0.0205 e. The lowest BCUT2D eigenvalue weighted by atomic mass is 10.1. The third-order valence-electron chi connectivity index (χ3n) is 6.04. The standard InChI is InChI=1S/C29H51N.ClH/c1-2-3-4-5-6-7-8-9-10-11-12-13-14-15-16-17-18-19-20-24-27-30-28-29-25-22-21-23-26-29;/h9-10,21-23,25-26,30H,2-8,11-20,24,27-28H2,1H3;1H. The number of allylic oxidation sites excluding steroid dienone is 2. The Morgan fingerprint density at radius 3 is 1.55 bits per heavy atom. The van der Waals surface area contributed by atoms with Crippen molar-refractivity contribution >= 4 is 12.4 Å². The summed E-state index contributed by atoms with van der Waals surface area (Å²) < 4.78 is 0. The highest BCUT2D eigenvalue weighted by Crippen LogP contribution is 2.12. The minimum absolute atomic E-state index is 0. The average Bonchev–Trinajstić information content (AvgIpc) is 2.78. The molecule has 0 aromatic heterocycles. The van der Waals surface area contributed by atoms with Gasteiger partial charge in [0.25, 0.3) is 0 Å². The predicted octanol–water partition coefficient (Wildman–Crippen LogP) is 9.80. The van der Waals surface area contributed by atoms with Crippen molar-refractivity contribution in [2.75, 3.05) is 6.54 Å². The van der Waals surface area contributed by atoms with E-state index in [0.29, 0.717) is 0 Å². The fourth-order valence-electron chi connectivity index (χ4n) is 4.03. The molecule has 1 N–H and O–H groups in total. The number of benzene rings is 1. The minimum Gasteiger partial charge on any atom is -0.313 e. The second kappa shape index (κ2) is 25.5. The van der Waals surface area contributed by atoms with Gasteiger partial charge in [-0.2, -0.15) is 0 Å². The molecule has 0 amide bonds. The fourth-order valence-corrected chi connectivity index (χ4v) is 4.03. The summed E-state index contributed by atoms with van der Waals surface area (Å²) in [5.41, 5.74) is 1.39. The van der Waals surface area contributed by atoms with Crippen molar-refractivity contribution in [1.82, 2.24) is 5.32 Å². The normalized spacial score (nSPS) is 11.1. The molecule has 1 aromatic rings. The van der Waals surface area contributed by atoms with Crippen LogP contribution in [0.25, 0.3) is 0 Å². The van der Waals surface area contributed by atoms with Crippen LogP contribution in [-0.2, 0) is 6.54 Å². The topological polar surface area (TPSA) is 12.0 Å². The van der Waals surface area contributed by atoms with Crippen LogP contribution in [-0.4, -0.2) is 6.54 Å². The predicted molar refractivity (Wildman–Crippen MR) is 143 cm³/mol. The number of halogens is 1. The second-order valence-electron chi connectivity index (χ2n) is 9.01. The molecular weight excluding hydrogens is 398 g/mol. The summed E-state index contributed by atoms with van der Waals surface area (Å²) >= 11 is 0. The van der Waals surface area contributed by atoms with Gasteiger partial charge in [0.1, 0.15) is 0 Å². The highest BCUT2D eigenvalue weighted by molar-refractivity contribution is 5.85. The molecule has 0 atom stereocenters. The van der Waals surface area contributed by atoms with Crippen LogP contribution in [0, 0.1) is 0 Å². The maximum atomic E-state index is 3.56. The quantitative estimate of drug-likeness (QED) is 0.137. The Morgan fingerprint density at radius 1 is 0.581 bits per heavy atom. The van der Waals surface area contributed by atoms with Gasteiger partial charge in [-0.05, 0) is 44.2 Å². The lowest BCUT2D eigenvalue weighted by Crippen LogP contribution is -2.14. The molecule has 0 fully saturated rings. The Balaban J connectivity index is 0.00000900. The Bertz CT molecular complexity index is 471. The third-order valence-corrected chi connectivity index (χ3v) is 6.04. The SMILES string of the molecule is CCCCCCCCC=CCCCCCCCCCCCCNCc1ccccc1.Cl. The van der Waals surface area contributed by atoms with Crippen LogP contribution < -0.4 is 5.32 Å². The molecule has 180 valence electrons. The van der Waals surface area contributed by atoms with Crippen molar-refractivity contribution in [2.24, 2.45) is 0 Å². The summed E-state index contributed by atoms with van der Waals surface area (Å²) in [6.45, 7) is 4.45. The van der Waals surface area contributed by atoms with E-state index >= 15 is 0 Å². The van der Waals surface area contributed by atoms with Gasteiger partial charge < -0.3 is 5.32 Å². The molecule has 1 aromatic carbocycles. The molecule has 0 spiro atoms. The molecule has 0 aliphatic rings. The van der Waals surface area contributed by atoms with Crippen molar-refractivity contribution in [1.29, 1.82) is 0 Å². The number of hydrogen-bond donors (Lipinski definition) is 1. The molecule has 0 saturated heterocycles. The second-order valence-corrected chi connectivity index (χ2v) is 9.01. The van der Waals surface area contributed by atoms with Crippen LogP contribution in [0.1, 0.15) is 128 Å². The van der Waals surface area contributed by atoms with Crippen molar-refractivity contribution < 1.29 is 0 Å². The number of hydrogen-bond acceptors (Lipinski definition) is 1. The summed E-state index contributed by atoms with van der Waals surface area (Å²) in [7, 11) is 0. The molecule has 0 radical (unpaired) electrons. The van der Waals surface area contributed by atoms with E-state index in [-0.39, 0.29) is 12.4 Å². The Labute approximate surface area is 201 Å². The molecular formula is C29H52ClN. The van der Waals surface area contributed by atoms with Gasteiger partial charge in [0, 0.05) is 6.54 Å². The van der Waals surface area contributed by atoms with Gasteiger partial charge in [-0.25, -0.2) is 0 Å². The number of rotatable bonds is 22. The smallest absolute Gasteiger partial charge is 0.0205 e. The van der Waals surface area contributed by atoms with Crippen LogP contribution in [0.2, 0.25) is 0 Å². The molecule has 0 saturated carbocycles. The molecule has 0 aliphatic heterocycles. The lowest BCUT2D eigenvalue weighted by Gasteiger charge is -2.05. The maximum absolute atomic E-state index is 3.56. The van der Waals surface area contributed by atoms with Crippen LogP contribution >= 0.6 is 12.4 Å².